The molecule has 182 valence electrons. The summed E-state index contributed by atoms with van der Waals surface area (Å²) in [5, 5.41) is 0. The number of rotatable bonds is 5. The number of benzene rings is 3. The first kappa shape index (κ1) is 24.5. The highest BCUT2D eigenvalue weighted by Gasteiger charge is 2.39. The van der Waals surface area contributed by atoms with Crippen LogP contribution in [0.5, 0.6) is 5.75 Å². The second-order valence-corrected chi connectivity index (χ2v) is 9.76. The Balaban J connectivity index is 1.81. The van der Waals surface area contributed by atoms with Crippen LogP contribution >= 0.6 is 0 Å². The molecule has 0 saturated carbocycles. The fourth-order valence-corrected chi connectivity index (χ4v) is 4.82. The number of methoxy groups -OCH3 is 1. The van der Waals surface area contributed by atoms with Gasteiger partial charge in [-0.1, -0.05) is 49.2 Å². The molecule has 2 atom stereocenters. The van der Waals surface area contributed by atoms with Gasteiger partial charge in [0.05, 0.1) is 13.2 Å². The van der Waals surface area contributed by atoms with Gasteiger partial charge >= 0.3 is 0 Å². The summed E-state index contributed by atoms with van der Waals surface area (Å²) in [6.07, 6.45) is 0.644. The number of carbonyl (C=O) groups excluding carboxylic acids is 2. The van der Waals surface area contributed by atoms with Gasteiger partial charge in [0.15, 0.2) is 0 Å². The third kappa shape index (κ3) is 4.81. The number of carbonyl (C=O) groups is 2. The Bertz CT molecular complexity index is 1220. The van der Waals surface area contributed by atoms with Crippen molar-refractivity contribution in [2.75, 3.05) is 16.9 Å². The van der Waals surface area contributed by atoms with Gasteiger partial charge in [0, 0.05) is 28.9 Å². The highest BCUT2D eigenvalue weighted by atomic mass is 16.5. The smallest absolute Gasteiger partial charge is 0.258 e. The Morgan fingerprint density at radius 2 is 1.57 bits per heavy atom. The minimum absolute atomic E-state index is 0.0548. The number of fused-ring (bicyclic) bond motifs is 1. The summed E-state index contributed by atoms with van der Waals surface area (Å²) in [5.74, 6) is 0.582. The number of hydrogen-bond donors (Lipinski definition) is 0. The number of anilines is 2. The standard InChI is InChI=1S/C30H34N2O3/c1-19(2)29(33)32(24-12-7-20(3)8-13-24)28-18-22(5)31(27-16-9-21(4)17-26(27)28)30(34)23-10-14-25(35-6)15-11-23/h7-17,19,22,28H,18H2,1-6H3/t22-,28+/m0/s1. The molecule has 0 N–H and O–H groups in total. The molecule has 1 aliphatic heterocycles. The van der Waals surface area contributed by atoms with Crippen LogP contribution in [0, 0.1) is 19.8 Å². The van der Waals surface area contributed by atoms with Gasteiger partial charge in [0.2, 0.25) is 5.91 Å². The summed E-state index contributed by atoms with van der Waals surface area (Å²) in [4.78, 5) is 31.1. The average molecular weight is 471 g/mol. The highest BCUT2D eigenvalue weighted by molar-refractivity contribution is 6.07. The zero-order valence-electron chi connectivity index (χ0n) is 21.4. The van der Waals surface area contributed by atoms with E-state index in [0.29, 0.717) is 17.7 Å². The summed E-state index contributed by atoms with van der Waals surface area (Å²) in [7, 11) is 1.61. The molecule has 1 heterocycles. The molecule has 4 rings (SSSR count). The molecule has 0 aliphatic carbocycles. The van der Waals surface area contributed by atoms with E-state index in [9.17, 15) is 9.59 Å². The van der Waals surface area contributed by atoms with Crippen molar-refractivity contribution in [3.05, 3.63) is 89.0 Å². The van der Waals surface area contributed by atoms with Gasteiger partial charge in [-0.25, -0.2) is 0 Å². The topological polar surface area (TPSA) is 49.9 Å². The number of amides is 2. The molecule has 0 radical (unpaired) electrons. The Morgan fingerprint density at radius 3 is 2.17 bits per heavy atom. The largest absolute Gasteiger partial charge is 0.497 e. The lowest BCUT2D eigenvalue weighted by molar-refractivity contribution is -0.122. The summed E-state index contributed by atoms with van der Waals surface area (Å²) in [6, 6.07) is 21.2. The molecule has 0 saturated heterocycles. The van der Waals surface area contributed by atoms with Crippen LogP contribution in [0.15, 0.2) is 66.7 Å². The number of ether oxygens (including phenoxy) is 1. The molecule has 5 nitrogen and oxygen atoms in total. The fourth-order valence-electron chi connectivity index (χ4n) is 4.82. The predicted molar refractivity (Wildman–Crippen MR) is 141 cm³/mol. The molecule has 0 aromatic heterocycles. The minimum Gasteiger partial charge on any atom is -0.497 e. The lowest BCUT2D eigenvalue weighted by atomic mass is 9.88. The molecule has 0 fully saturated rings. The minimum atomic E-state index is -0.169. The Morgan fingerprint density at radius 1 is 0.943 bits per heavy atom. The monoisotopic (exact) mass is 470 g/mol. The van der Waals surface area contributed by atoms with Gasteiger partial charge in [-0.15, -0.1) is 0 Å². The first-order valence-electron chi connectivity index (χ1n) is 12.2. The Hall–Kier alpha value is -3.60. The number of nitrogens with zero attached hydrogens (tertiary/aromatic N) is 2. The Labute approximate surface area is 208 Å². The fraction of sp³-hybridized carbons (Fsp3) is 0.333. The third-order valence-electron chi connectivity index (χ3n) is 6.72. The van der Waals surface area contributed by atoms with E-state index in [2.05, 4.69) is 13.0 Å². The predicted octanol–water partition coefficient (Wildman–Crippen LogP) is 6.48. The summed E-state index contributed by atoms with van der Waals surface area (Å²) < 4.78 is 5.25. The van der Waals surface area contributed by atoms with Crippen LogP contribution < -0.4 is 14.5 Å². The van der Waals surface area contributed by atoms with Gasteiger partial charge < -0.3 is 14.5 Å². The van der Waals surface area contributed by atoms with Crippen molar-refractivity contribution in [2.45, 2.75) is 53.1 Å². The van der Waals surface area contributed by atoms with Crippen molar-refractivity contribution in [3.63, 3.8) is 0 Å². The second-order valence-electron chi connectivity index (χ2n) is 9.76. The van der Waals surface area contributed by atoms with Crippen LogP contribution in [-0.4, -0.2) is 25.0 Å². The van der Waals surface area contributed by atoms with Gasteiger partial charge in [0.25, 0.3) is 5.91 Å². The van der Waals surface area contributed by atoms with E-state index >= 15 is 0 Å². The van der Waals surface area contributed by atoms with E-state index in [1.54, 1.807) is 31.4 Å². The van der Waals surface area contributed by atoms with Gasteiger partial charge in [-0.05, 0) is 75.2 Å². The van der Waals surface area contributed by atoms with Crippen molar-refractivity contribution < 1.29 is 14.3 Å². The van der Waals surface area contributed by atoms with Crippen molar-refractivity contribution in [3.8, 4) is 5.75 Å². The van der Waals surface area contributed by atoms with Crippen LogP contribution in [0.25, 0.3) is 0 Å². The molecule has 0 unspecified atom stereocenters. The van der Waals surface area contributed by atoms with Crippen LogP contribution in [0.4, 0.5) is 11.4 Å². The number of aryl methyl sites for hydroxylation is 2. The maximum atomic E-state index is 13.7. The van der Waals surface area contributed by atoms with Gasteiger partial charge in [-0.3, -0.25) is 9.59 Å². The lowest BCUT2D eigenvalue weighted by Gasteiger charge is -2.44. The molecule has 0 spiro atoms. The van der Waals surface area contributed by atoms with Crippen molar-refractivity contribution in [1.29, 1.82) is 0 Å². The molecule has 0 bridgehead atoms. The highest BCUT2D eigenvalue weighted by Crippen LogP contribution is 2.43. The quantitative estimate of drug-likeness (QED) is 0.429. The first-order valence-corrected chi connectivity index (χ1v) is 12.2. The molecule has 3 aromatic rings. The maximum absolute atomic E-state index is 13.7. The van der Waals surface area contributed by atoms with Crippen LogP contribution in [-0.2, 0) is 4.79 Å². The zero-order chi connectivity index (χ0) is 25.3. The van der Waals surface area contributed by atoms with E-state index in [0.717, 1.165) is 28.1 Å². The average Bonchev–Trinajstić information content (AvgIpc) is 2.85. The molecule has 3 aromatic carbocycles. The SMILES string of the molecule is COc1ccc(C(=O)N2c3ccc(C)cc3[C@H](N(C(=O)C(C)C)c3ccc(C)cc3)C[C@@H]2C)cc1. The van der Waals surface area contributed by atoms with Crippen molar-refractivity contribution in [1.82, 2.24) is 0 Å². The van der Waals surface area contributed by atoms with E-state index in [1.807, 2.05) is 73.9 Å². The van der Waals surface area contributed by atoms with E-state index in [1.165, 1.54) is 0 Å². The first-order chi connectivity index (χ1) is 16.7. The molecule has 5 heteroatoms. The zero-order valence-corrected chi connectivity index (χ0v) is 21.4. The third-order valence-corrected chi connectivity index (χ3v) is 6.72. The molecule has 2 amide bonds. The maximum Gasteiger partial charge on any atom is 0.258 e. The molecule has 35 heavy (non-hydrogen) atoms. The summed E-state index contributed by atoms with van der Waals surface area (Å²) in [5.41, 5.74) is 5.59. The van der Waals surface area contributed by atoms with Gasteiger partial charge in [0.1, 0.15) is 5.75 Å². The molecular weight excluding hydrogens is 436 g/mol. The summed E-state index contributed by atoms with van der Waals surface area (Å²) in [6.45, 7) is 10.0. The molecular formula is C30H34N2O3. The van der Waals surface area contributed by atoms with Crippen molar-refractivity contribution in [2.24, 2.45) is 5.92 Å². The summed E-state index contributed by atoms with van der Waals surface area (Å²) >= 11 is 0. The Kier molecular flexibility index (Phi) is 6.97. The van der Waals surface area contributed by atoms with Gasteiger partial charge in [-0.2, -0.15) is 0 Å². The second kappa shape index (κ2) is 9.95. The van der Waals surface area contributed by atoms with Crippen LogP contribution in [0.1, 0.15) is 60.3 Å². The van der Waals surface area contributed by atoms with Crippen LogP contribution in [0.2, 0.25) is 0 Å². The van der Waals surface area contributed by atoms with E-state index < -0.39 is 0 Å². The van der Waals surface area contributed by atoms with E-state index in [-0.39, 0.29) is 29.8 Å². The normalized spacial score (nSPS) is 17.2. The number of hydrogen-bond acceptors (Lipinski definition) is 3. The van der Waals surface area contributed by atoms with E-state index in [4.69, 9.17) is 4.74 Å². The molecule has 1 aliphatic rings. The lowest BCUT2D eigenvalue weighted by Crippen LogP contribution is -2.48. The van der Waals surface area contributed by atoms with Crippen LogP contribution in [0.3, 0.4) is 0 Å². The van der Waals surface area contributed by atoms with Crippen molar-refractivity contribution >= 4 is 23.2 Å².